The summed E-state index contributed by atoms with van der Waals surface area (Å²) in [7, 11) is 0. The number of thiazole rings is 1. The highest BCUT2D eigenvalue weighted by Gasteiger charge is 2.53. The molecule has 3 heteroatoms. The summed E-state index contributed by atoms with van der Waals surface area (Å²) in [6, 6.07) is 0.790. The Bertz CT molecular complexity index is 455. The lowest BCUT2D eigenvalue weighted by Gasteiger charge is -2.32. The molecule has 19 heavy (non-hydrogen) atoms. The molecule has 3 aliphatic rings. The maximum atomic E-state index is 4.53. The van der Waals surface area contributed by atoms with Crippen LogP contribution in [0, 0.1) is 23.7 Å². The van der Waals surface area contributed by atoms with E-state index in [-0.39, 0.29) is 0 Å². The van der Waals surface area contributed by atoms with E-state index >= 15 is 0 Å². The van der Waals surface area contributed by atoms with E-state index < -0.39 is 0 Å². The van der Waals surface area contributed by atoms with Crippen molar-refractivity contribution in [3.63, 3.8) is 0 Å². The first-order valence-corrected chi connectivity index (χ1v) is 8.83. The Hall–Kier alpha value is -0.410. The molecule has 0 radical (unpaired) electrons. The zero-order valence-corrected chi connectivity index (χ0v) is 12.6. The zero-order valence-electron chi connectivity index (χ0n) is 11.8. The first-order valence-electron chi connectivity index (χ1n) is 8.02. The average molecular weight is 276 g/mol. The minimum absolute atomic E-state index is 0.790. The first kappa shape index (κ1) is 12.3. The fraction of sp³-hybridized carbons (Fsp3) is 0.812. The van der Waals surface area contributed by atoms with Crippen LogP contribution in [-0.2, 0) is 13.0 Å². The lowest BCUT2D eigenvalue weighted by atomic mass is 9.79. The highest BCUT2D eigenvalue weighted by molar-refractivity contribution is 7.11. The number of nitrogens with zero attached hydrogens (tertiary/aromatic N) is 1. The maximum absolute atomic E-state index is 4.53. The molecule has 4 rings (SSSR count). The van der Waals surface area contributed by atoms with Gasteiger partial charge in [0.05, 0.1) is 0 Å². The molecule has 3 aliphatic carbocycles. The fourth-order valence-electron chi connectivity index (χ4n) is 5.11. The van der Waals surface area contributed by atoms with Gasteiger partial charge >= 0.3 is 0 Å². The highest BCUT2D eigenvalue weighted by atomic mass is 32.1. The van der Waals surface area contributed by atoms with E-state index in [0.717, 1.165) is 42.7 Å². The second-order valence-electron chi connectivity index (χ2n) is 6.72. The van der Waals surface area contributed by atoms with Crippen molar-refractivity contribution in [1.29, 1.82) is 0 Å². The van der Waals surface area contributed by atoms with E-state index in [1.807, 2.05) is 11.3 Å². The molecule has 1 N–H and O–H groups in total. The quantitative estimate of drug-likeness (QED) is 0.908. The van der Waals surface area contributed by atoms with E-state index in [2.05, 4.69) is 23.4 Å². The zero-order chi connectivity index (χ0) is 12.8. The second-order valence-corrected chi connectivity index (χ2v) is 7.91. The van der Waals surface area contributed by atoms with Crippen LogP contribution in [0.4, 0.5) is 0 Å². The monoisotopic (exact) mass is 276 g/mol. The summed E-state index contributed by atoms with van der Waals surface area (Å²) in [5.41, 5.74) is 0. The third-order valence-corrected chi connectivity index (χ3v) is 7.04. The van der Waals surface area contributed by atoms with Gasteiger partial charge in [0.25, 0.3) is 0 Å². The van der Waals surface area contributed by atoms with E-state index in [1.165, 1.54) is 42.0 Å². The molecule has 5 atom stereocenters. The SMILES string of the molecule is CCc1cnc(CNC2CC3CC2C2CCCC32)s1. The van der Waals surface area contributed by atoms with E-state index in [1.54, 1.807) is 0 Å². The Labute approximate surface area is 120 Å². The lowest BCUT2D eigenvalue weighted by molar-refractivity contribution is 0.208. The number of nitrogens with one attached hydrogen (secondary N) is 1. The summed E-state index contributed by atoms with van der Waals surface area (Å²) in [4.78, 5) is 5.95. The molecule has 0 aromatic carbocycles. The minimum Gasteiger partial charge on any atom is -0.307 e. The number of hydrogen-bond acceptors (Lipinski definition) is 3. The predicted octanol–water partition coefficient (Wildman–Crippen LogP) is 3.62. The molecule has 1 aromatic heterocycles. The van der Waals surface area contributed by atoms with Gasteiger partial charge in [0, 0.05) is 23.7 Å². The van der Waals surface area contributed by atoms with Crippen molar-refractivity contribution in [3.05, 3.63) is 16.1 Å². The molecule has 1 heterocycles. The predicted molar refractivity (Wildman–Crippen MR) is 79.2 cm³/mol. The topological polar surface area (TPSA) is 24.9 Å². The van der Waals surface area contributed by atoms with Gasteiger partial charge in [0.2, 0.25) is 0 Å². The number of hydrogen-bond donors (Lipinski definition) is 1. The van der Waals surface area contributed by atoms with Crippen LogP contribution < -0.4 is 5.32 Å². The number of rotatable bonds is 4. The Morgan fingerprint density at radius 2 is 2.16 bits per heavy atom. The smallest absolute Gasteiger partial charge is 0.107 e. The van der Waals surface area contributed by atoms with Gasteiger partial charge in [0.15, 0.2) is 0 Å². The molecule has 2 nitrogen and oxygen atoms in total. The van der Waals surface area contributed by atoms with Crippen molar-refractivity contribution in [3.8, 4) is 0 Å². The molecule has 0 spiro atoms. The van der Waals surface area contributed by atoms with Gasteiger partial charge in [-0.2, -0.15) is 0 Å². The molecule has 2 bridgehead atoms. The van der Waals surface area contributed by atoms with Crippen molar-refractivity contribution >= 4 is 11.3 Å². The van der Waals surface area contributed by atoms with Crippen molar-refractivity contribution in [2.75, 3.05) is 0 Å². The average Bonchev–Trinajstić information content (AvgIpc) is 3.16. The summed E-state index contributed by atoms with van der Waals surface area (Å²) in [5, 5.41) is 5.11. The Morgan fingerprint density at radius 1 is 1.26 bits per heavy atom. The van der Waals surface area contributed by atoms with Crippen molar-refractivity contribution < 1.29 is 0 Å². The molecule has 3 saturated carbocycles. The largest absolute Gasteiger partial charge is 0.307 e. The maximum Gasteiger partial charge on any atom is 0.107 e. The van der Waals surface area contributed by atoms with Crippen molar-refractivity contribution in [2.24, 2.45) is 23.7 Å². The molecular weight excluding hydrogens is 252 g/mol. The number of aryl methyl sites for hydroxylation is 1. The summed E-state index contributed by atoms with van der Waals surface area (Å²) in [5.74, 6) is 4.22. The summed E-state index contributed by atoms with van der Waals surface area (Å²) >= 11 is 1.88. The van der Waals surface area contributed by atoms with Crippen molar-refractivity contribution in [1.82, 2.24) is 10.3 Å². The van der Waals surface area contributed by atoms with Crippen LogP contribution in [-0.4, -0.2) is 11.0 Å². The van der Waals surface area contributed by atoms with Crippen molar-refractivity contribution in [2.45, 2.75) is 58.0 Å². The molecular formula is C16H24N2S. The van der Waals surface area contributed by atoms with Gasteiger partial charge in [-0.15, -0.1) is 11.3 Å². The van der Waals surface area contributed by atoms with E-state index in [9.17, 15) is 0 Å². The highest BCUT2D eigenvalue weighted by Crippen LogP contribution is 2.58. The lowest BCUT2D eigenvalue weighted by Crippen LogP contribution is -2.38. The van der Waals surface area contributed by atoms with Gasteiger partial charge in [-0.25, -0.2) is 4.98 Å². The molecule has 0 aliphatic heterocycles. The van der Waals surface area contributed by atoms with Crippen LogP contribution in [0.5, 0.6) is 0 Å². The van der Waals surface area contributed by atoms with E-state index in [0.29, 0.717) is 0 Å². The third-order valence-electron chi connectivity index (χ3n) is 5.89. The molecule has 0 amide bonds. The van der Waals surface area contributed by atoms with Crippen LogP contribution in [0.15, 0.2) is 6.20 Å². The Morgan fingerprint density at radius 3 is 3.00 bits per heavy atom. The van der Waals surface area contributed by atoms with Crippen LogP contribution in [0.25, 0.3) is 0 Å². The van der Waals surface area contributed by atoms with E-state index in [4.69, 9.17) is 0 Å². The number of fused-ring (bicyclic) bond motifs is 5. The molecule has 5 unspecified atom stereocenters. The Balaban J connectivity index is 1.37. The molecule has 3 fully saturated rings. The first-order chi connectivity index (χ1) is 9.35. The third kappa shape index (κ3) is 2.06. The summed E-state index contributed by atoms with van der Waals surface area (Å²) in [6.45, 7) is 3.21. The molecule has 1 aromatic rings. The normalized spacial score (nSPS) is 39.9. The van der Waals surface area contributed by atoms with Crippen LogP contribution in [0.1, 0.15) is 48.9 Å². The molecule has 0 saturated heterocycles. The van der Waals surface area contributed by atoms with Gasteiger partial charge < -0.3 is 5.32 Å². The standard InChI is InChI=1S/C16H24N2S/c1-2-11-8-18-16(19-11)9-17-15-7-10-6-14(15)13-5-3-4-12(10)13/h8,10,12-15,17H,2-7,9H2,1H3. The number of aromatic nitrogens is 1. The Kier molecular flexibility index (Phi) is 3.15. The van der Waals surface area contributed by atoms with Gasteiger partial charge in [0.1, 0.15) is 5.01 Å². The van der Waals surface area contributed by atoms with Gasteiger partial charge in [-0.1, -0.05) is 13.3 Å². The summed E-state index contributed by atoms with van der Waals surface area (Å²) in [6.07, 6.45) is 10.7. The van der Waals surface area contributed by atoms with Crippen LogP contribution in [0.3, 0.4) is 0 Å². The van der Waals surface area contributed by atoms with Crippen LogP contribution >= 0.6 is 11.3 Å². The van der Waals surface area contributed by atoms with Gasteiger partial charge in [-0.05, 0) is 55.8 Å². The second kappa shape index (κ2) is 4.85. The summed E-state index contributed by atoms with van der Waals surface area (Å²) < 4.78 is 0. The van der Waals surface area contributed by atoms with Gasteiger partial charge in [-0.3, -0.25) is 0 Å². The minimum atomic E-state index is 0.790. The molecule has 104 valence electrons. The van der Waals surface area contributed by atoms with Crippen LogP contribution in [0.2, 0.25) is 0 Å². The fourth-order valence-corrected chi connectivity index (χ4v) is 5.93.